The summed E-state index contributed by atoms with van der Waals surface area (Å²) in [5, 5.41) is 1.98. The second kappa shape index (κ2) is 6.29. The fraction of sp³-hybridized carbons (Fsp3) is 0.643. The molecule has 2 aliphatic rings. The number of thiophene rings is 1. The summed E-state index contributed by atoms with van der Waals surface area (Å²) in [7, 11) is 0. The van der Waals surface area contributed by atoms with Gasteiger partial charge in [-0.15, -0.1) is 11.3 Å². The van der Waals surface area contributed by atoms with E-state index < -0.39 is 0 Å². The lowest BCUT2D eigenvalue weighted by Crippen LogP contribution is -2.39. The highest BCUT2D eigenvalue weighted by molar-refractivity contribution is 7.99. The van der Waals surface area contributed by atoms with Crippen molar-refractivity contribution in [3.8, 4) is 0 Å². The average Bonchev–Trinajstić information content (AvgIpc) is 3.08. The first-order valence-corrected chi connectivity index (χ1v) is 9.02. The van der Waals surface area contributed by atoms with Gasteiger partial charge >= 0.3 is 0 Å². The first-order valence-electron chi connectivity index (χ1n) is 6.99. The molecule has 0 N–H and O–H groups in total. The normalized spacial score (nSPS) is 25.5. The van der Waals surface area contributed by atoms with Crippen molar-refractivity contribution in [2.24, 2.45) is 0 Å². The molecule has 1 aromatic rings. The van der Waals surface area contributed by atoms with Crippen LogP contribution in [0.4, 0.5) is 0 Å². The van der Waals surface area contributed by atoms with Gasteiger partial charge in [-0.1, -0.05) is 6.07 Å². The van der Waals surface area contributed by atoms with E-state index in [9.17, 15) is 4.79 Å². The van der Waals surface area contributed by atoms with Crippen molar-refractivity contribution in [3.63, 3.8) is 0 Å². The smallest absolute Gasteiger partial charge is 0.263 e. The van der Waals surface area contributed by atoms with Gasteiger partial charge in [0.1, 0.15) is 0 Å². The molecular formula is C14H20N2OS2. The minimum Gasteiger partial charge on any atom is -0.337 e. The molecule has 1 aromatic heterocycles. The lowest BCUT2D eigenvalue weighted by atomic mass is 10.2. The van der Waals surface area contributed by atoms with Crippen molar-refractivity contribution in [2.75, 3.05) is 37.7 Å². The topological polar surface area (TPSA) is 23.6 Å². The second-order valence-electron chi connectivity index (χ2n) is 5.18. The minimum atomic E-state index is 0.220. The number of nitrogens with zero attached hydrogens (tertiary/aromatic N) is 2. The van der Waals surface area contributed by atoms with E-state index in [2.05, 4.69) is 16.7 Å². The van der Waals surface area contributed by atoms with Crippen LogP contribution in [0.2, 0.25) is 0 Å². The summed E-state index contributed by atoms with van der Waals surface area (Å²) in [4.78, 5) is 17.9. The zero-order chi connectivity index (χ0) is 13.1. The molecule has 3 heterocycles. The van der Waals surface area contributed by atoms with Crippen molar-refractivity contribution in [2.45, 2.75) is 18.9 Å². The summed E-state index contributed by atoms with van der Waals surface area (Å²) in [6.45, 7) is 3.99. The first kappa shape index (κ1) is 13.5. The molecule has 0 spiro atoms. The number of hydrogen-bond acceptors (Lipinski definition) is 4. The molecule has 2 aliphatic heterocycles. The van der Waals surface area contributed by atoms with Gasteiger partial charge in [-0.25, -0.2) is 0 Å². The first-order chi connectivity index (χ1) is 9.34. The van der Waals surface area contributed by atoms with Crippen molar-refractivity contribution >= 4 is 29.0 Å². The lowest BCUT2D eigenvalue weighted by molar-refractivity contribution is 0.0764. The maximum atomic E-state index is 12.4. The predicted molar refractivity (Wildman–Crippen MR) is 82.1 cm³/mol. The van der Waals surface area contributed by atoms with E-state index in [1.807, 2.05) is 22.4 Å². The number of carbonyl (C=O) groups excluding carboxylic acids is 1. The van der Waals surface area contributed by atoms with Crippen LogP contribution in [0.5, 0.6) is 0 Å². The fourth-order valence-electron chi connectivity index (χ4n) is 2.87. The summed E-state index contributed by atoms with van der Waals surface area (Å²) in [6.07, 6.45) is 2.43. The predicted octanol–water partition coefficient (Wildman–Crippen LogP) is 2.40. The Bertz CT molecular complexity index is 415. The van der Waals surface area contributed by atoms with Crippen LogP contribution in [-0.4, -0.2) is 59.4 Å². The van der Waals surface area contributed by atoms with Crippen molar-refractivity contribution in [3.05, 3.63) is 22.4 Å². The molecule has 1 unspecified atom stereocenters. The van der Waals surface area contributed by atoms with E-state index in [4.69, 9.17) is 0 Å². The quantitative estimate of drug-likeness (QED) is 0.837. The van der Waals surface area contributed by atoms with Gasteiger partial charge in [0.25, 0.3) is 5.91 Å². The molecule has 0 aliphatic carbocycles. The fourth-order valence-corrected chi connectivity index (χ4v) is 4.82. The van der Waals surface area contributed by atoms with Gasteiger partial charge in [0.05, 0.1) is 4.88 Å². The Morgan fingerprint density at radius 2 is 2.21 bits per heavy atom. The van der Waals surface area contributed by atoms with Crippen LogP contribution in [0.1, 0.15) is 22.5 Å². The lowest BCUT2D eigenvalue weighted by Gasteiger charge is -2.26. The van der Waals surface area contributed by atoms with Crippen LogP contribution in [0.3, 0.4) is 0 Å². The highest BCUT2D eigenvalue weighted by Gasteiger charge is 2.26. The van der Waals surface area contributed by atoms with E-state index in [1.165, 1.54) is 17.9 Å². The van der Waals surface area contributed by atoms with Gasteiger partial charge in [-0.05, 0) is 30.0 Å². The van der Waals surface area contributed by atoms with E-state index in [-0.39, 0.29) is 5.91 Å². The third-order valence-corrected chi connectivity index (χ3v) is 5.97. The van der Waals surface area contributed by atoms with Crippen LogP contribution in [0, 0.1) is 0 Å². The Balaban J connectivity index is 1.59. The molecular weight excluding hydrogens is 276 g/mol. The van der Waals surface area contributed by atoms with Crippen LogP contribution in [-0.2, 0) is 0 Å². The Labute approximate surface area is 123 Å². The van der Waals surface area contributed by atoms with Gasteiger partial charge in [-0.3, -0.25) is 9.69 Å². The standard InChI is InChI=1S/C14H20N2OS2/c17-14(13-3-1-9-19-13)16-6-2-5-15(7-8-16)12-4-10-18-11-12/h1,3,9,12H,2,4-8,10-11H2. The number of rotatable bonds is 2. The van der Waals surface area contributed by atoms with Crippen LogP contribution < -0.4 is 0 Å². The molecule has 3 nitrogen and oxygen atoms in total. The van der Waals surface area contributed by atoms with Crippen molar-refractivity contribution < 1.29 is 4.79 Å². The van der Waals surface area contributed by atoms with Gasteiger partial charge in [0.2, 0.25) is 0 Å². The van der Waals surface area contributed by atoms with E-state index in [1.54, 1.807) is 11.3 Å². The second-order valence-corrected chi connectivity index (χ2v) is 7.27. The largest absolute Gasteiger partial charge is 0.337 e. The van der Waals surface area contributed by atoms with Crippen molar-refractivity contribution in [1.29, 1.82) is 0 Å². The monoisotopic (exact) mass is 296 g/mol. The molecule has 0 saturated carbocycles. The van der Waals surface area contributed by atoms with Gasteiger partial charge in [0, 0.05) is 38.0 Å². The minimum absolute atomic E-state index is 0.220. The molecule has 1 atom stereocenters. The average molecular weight is 296 g/mol. The van der Waals surface area contributed by atoms with E-state index >= 15 is 0 Å². The van der Waals surface area contributed by atoms with Crippen molar-refractivity contribution in [1.82, 2.24) is 9.80 Å². The molecule has 104 valence electrons. The Morgan fingerprint density at radius 3 is 2.95 bits per heavy atom. The summed E-state index contributed by atoms with van der Waals surface area (Å²) in [6, 6.07) is 4.64. The van der Waals surface area contributed by atoms with Gasteiger partial charge in [-0.2, -0.15) is 11.8 Å². The van der Waals surface area contributed by atoms with E-state index in [0.717, 1.165) is 43.5 Å². The molecule has 2 saturated heterocycles. The Hall–Kier alpha value is -0.520. The summed E-state index contributed by atoms with van der Waals surface area (Å²) in [5.74, 6) is 2.80. The molecule has 0 aromatic carbocycles. The highest BCUT2D eigenvalue weighted by Crippen LogP contribution is 2.23. The van der Waals surface area contributed by atoms with Crippen LogP contribution >= 0.6 is 23.1 Å². The molecule has 5 heteroatoms. The number of hydrogen-bond donors (Lipinski definition) is 0. The SMILES string of the molecule is O=C(c1cccs1)N1CCCN(C2CCSC2)CC1. The molecule has 3 rings (SSSR count). The molecule has 0 radical (unpaired) electrons. The third-order valence-electron chi connectivity index (χ3n) is 3.97. The van der Waals surface area contributed by atoms with Gasteiger partial charge in [0.15, 0.2) is 0 Å². The Morgan fingerprint density at radius 1 is 1.26 bits per heavy atom. The maximum absolute atomic E-state index is 12.4. The summed E-state index contributed by atoms with van der Waals surface area (Å²) >= 11 is 3.62. The molecule has 0 bridgehead atoms. The number of amides is 1. The maximum Gasteiger partial charge on any atom is 0.263 e. The Kier molecular flexibility index (Phi) is 4.45. The third kappa shape index (κ3) is 3.15. The summed E-state index contributed by atoms with van der Waals surface area (Å²) < 4.78 is 0. The zero-order valence-corrected chi connectivity index (χ0v) is 12.7. The molecule has 1 amide bonds. The van der Waals surface area contributed by atoms with Gasteiger partial charge < -0.3 is 4.90 Å². The molecule has 2 fully saturated rings. The van der Waals surface area contributed by atoms with Crippen LogP contribution in [0.15, 0.2) is 17.5 Å². The summed E-state index contributed by atoms with van der Waals surface area (Å²) in [5.41, 5.74) is 0. The molecule has 19 heavy (non-hydrogen) atoms. The number of thioether (sulfide) groups is 1. The van der Waals surface area contributed by atoms with Crippen LogP contribution in [0.25, 0.3) is 0 Å². The zero-order valence-electron chi connectivity index (χ0n) is 11.1. The highest BCUT2D eigenvalue weighted by atomic mass is 32.2. The van der Waals surface area contributed by atoms with E-state index in [0.29, 0.717) is 0 Å². The number of carbonyl (C=O) groups is 1.